The molecule has 6 heteroatoms. The van der Waals surface area contributed by atoms with Crippen molar-refractivity contribution in [1.29, 1.82) is 0 Å². The third kappa shape index (κ3) is 4.73. The van der Waals surface area contributed by atoms with Gasteiger partial charge in [-0.1, -0.05) is 60.7 Å². The number of carboxylic acids is 1. The number of benzene rings is 2. The van der Waals surface area contributed by atoms with Gasteiger partial charge in [-0.05, 0) is 11.1 Å². The van der Waals surface area contributed by atoms with Crippen LogP contribution in [-0.2, 0) is 20.8 Å². The summed E-state index contributed by atoms with van der Waals surface area (Å²) in [6.45, 7) is 0.371. The van der Waals surface area contributed by atoms with Crippen LogP contribution in [0.2, 0.25) is 0 Å². The molecule has 0 aliphatic carbocycles. The molecule has 0 radical (unpaired) electrons. The highest BCUT2D eigenvalue weighted by molar-refractivity contribution is 5.86. The maximum atomic E-state index is 12.5. The Bertz CT molecular complexity index is 807. The summed E-state index contributed by atoms with van der Waals surface area (Å²) in [6.07, 6.45) is 0.207. The van der Waals surface area contributed by atoms with Crippen LogP contribution in [0.3, 0.4) is 0 Å². The van der Waals surface area contributed by atoms with Crippen molar-refractivity contribution in [2.75, 3.05) is 19.6 Å². The maximum Gasteiger partial charge on any atom is 0.308 e. The minimum Gasteiger partial charge on any atom is -0.481 e. The van der Waals surface area contributed by atoms with Crippen LogP contribution in [0.15, 0.2) is 60.7 Å². The Morgan fingerprint density at radius 3 is 2.22 bits per heavy atom. The second-order valence-corrected chi connectivity index (χ2v) is 6.70. The van der Waals surface area contributed by atoms with Gasteiger partial charge in [0, 0.05) is 19.0 Å². The van der Waals surface area contributed by atoms with Crippen molar-refractivity contribution in [1.82, 2.24) is 10.2 Å². The zero-order valence-corrected chi connectivity index (χ0v) is 14.9. The van der Waals surface area contributed by atoms with Gasteiger partial charge in [0.15, 0.2) is 0 Å². The van der Waals surface area contributed by atoms with Crippen LogP contribution in [0.5, 0.6) is 0 Å². The van der Waals surface area contributed by atoms with Crippen molar-refractivity contribution in [2.24, 2.45) is 5.92 Å². The molecule has 1 heterocycles. The van der Waals surface area contributed by atoms with Crippen LogP contribution in [0, 0.1) is 5.92 Å². The fourth-order valence-electron chi connectivity index (χ4n) is 3.43. The molecule has 0 unspecified atom stereocenters. The van der Waals surface area contributed by atoms with Crippen molar-refractivity contribution in [3.05, 3.63) is 71.8 Å². The highest BCUT2D eigenvalue weighted by atomic mass is 16.4. The van der Waals surface area contributed by atoms with E-state index in [4.69, 9.17) is 0 Å². The highest BCUT2D eigenvalue weighted by Crippen LogP contribution is 2.32. The molecule has 2 amide bonds. The fourth-order valence-corrected chi connectivity index (χ4v) is 3.43. The average molecular weight is 366 g/mol. The Labute approximate surface area is 157 Å². The average Bonchev–Trinajstić information content (AvgIpc) is 3.13. The molecular formula is C21H22N2O4. The molecular weight excluding hydrogens is 344 g/mol. The number of nitrogens with one attached hydrogen (secondary N) is 1. The van der Waals surface area contributed by atoms with Gasteiger partial charge in [0.25, 0.3) is 0 Å². The van der Waals surface area contributed by atoms with E-state index in [2.05, 4.69) is 5.32 Å². The Kier molecular flexibility index (Phi) is 5.86. The van der Waals surface area contributed by atoms with Crippen LogP contribution in [0.4, 0.5) is 0 Å². The second-order valence-electron chi connectivity index (χ2n) is 6.70. The Morgan fingerprint density at radius 2 is 1.59 bits per heavy atom. The minimum absolute atomic E-state index is 0.125. The summed E-state index contributed by atoms with van der Waals surface area (Å²) in [4.78, 5) is 37.6. The third-order valence-corrected chi connectivity index (χ3v) is 4.86. The van der Waals surface area contributed by atoms with Gasteiger partial charge in [-0.25, -0.2) is 0 Å². The summed E-state index contributed by atoms with van der Waals surface area (Å²) >= 11 is 0. The molecule has 1 saturated heterocycles. The monoisotopic (exact) mass is 366 g/mol. The molecule has 2 atom stereocenters. The zero-order valence-electron chi connectivity index (χ0n) is 14.9. The largest absolute Gasteiger partial charge is 0.481 e. The topological polar surface area (TPSA) is 86.7 Å². The maximum absolute atomic E-state index is 12.5. The molecule has 3 rings (SSSR count). The Hall–Kier alpha value is -3.15. The summed E-state index contributed by atoms with van der Waals surface area (Å²) in [5, 5.41) is 12.1. The first-order chi connectivity index (χ1) is 13.0. The highest BCUT2D eigenvalue weighted by Gasteiger charge is 2.40. The van der Waals surface area contributed by atoms with Crippen molar-refractivity contribution in [3.8, 4) is 0 Å². The summed E-state index contributed by atoms with van der Waals surface area (Å²) < 4.78 is 0. The van der Waals surface area contributed by atoms with Gasteiger partial charge in [-0.15, -0.1) is 0 Å². The first-order valence-electron chi connectivity index (χ1n) is 8.90. The number of carbonyl (C=O) groups excluding carboxylic acids is 2. The lowest BCUT2D eigenvalue weighted by molar-refractivity contribution is -0.142. The van der Waals surface area contributed by atoms with E-state index in [0.29, 0.717) is 6.54 Å². The number of carbonyl (C=O) groups is 3. The SMILES string of the molecule is O=C(Cc1ccccc1)NCC(=O)N1C[C@H](c2ccccc2)[C@H](C(=O)O)C1. The van der Waals surface area contributed by atoms with E-state index in [9.17, 15) is 19.5 Å². The van der Waals surface area contributed by atoms with Gasteiger partial charge in [0.1, 0.15) is 0 Å². The van der Waals surface area contributed by atoms with Gasteiger partial charge in [-0.3, -0.25) is 14.4 Å². The molecule has 0 bridgehead atoms. The molecule has 140 valence electrons. The quantitative estimate of drug-likeness (QED) is 0.814. The first-order valence-corrected chi connectivity index (χ1v) is 8.90. The number of hydrogen-bond donors (Lipinski definition) is 2. The molecule has 0 saturated carbocycles. The molecule has 27 heavy (non-hydrogen) atoms. The first kappa shape index (κ1) is 18.6. The molecule has 0 aromatic heterocycles. The summed E-state index contributed by atoms with van der Waals surface area (Å²) in [5.74, 6) is -2.29. The van der Waals surface area contributed by atoms with Crippen molar-refractivity contribution >= 4 is 17.8 Å². The van der Waals surface area contributed by atoms with Crippen LogP contribution in [-0.4, -0.2) is 47.4 Å². The summed E-state index contributed by atoms with van der Waals surface area (Å²) in [7, 11) is 0. The minimum atomic E-state index is -0.910. The zero-order chi connectivity index (χ0) is 19.2. The molecule has 6 nitrogen and oxygen atoms in total. The normalized spacial score (nSPS) is 18.9. The lowest BCUT2D eigenvalue weighted by Crippen LogP contribution is -2.40. The van der Waals surface area contributed by atoms with Crippen LogP contribution in [0.25, 0.3) is 0 Å². The van der Waals surface area contributed by atoms with Crippen molar-refractivity contribution < 1.29 is 19.5 Å². The molecule has 1 fully saturated rings. The van der Waals surface area contributed by atoms with E-state index in [0.717, 1.165) is 11.1 Å². The van der Waals surface area contributed by atoms with E-state index < -0.39 is 11.9 Å². The number of aliphatic carboxylic acids is 1. The van der Waals surface area contributed by atoms with Crippen molar-refractivity contribution in [2.45, 2.75) is 12.3 Å². The fraction of sp³-hybridized carbons (Fsp3) is 0.286. The number of rotatable bonds is 6. The molecule has 1 aliphatic rings. The van der Waals surface area contributed by atoms with E-state index in [1.165, 1.54) is 4.90 Å². The lowest BCUT2D eigenvalue weighted by atomic mass is 9.89. The standard InChI is InChI=1S/C21H22N2O4/c24-19(11-15-7-3-1-4-8-15)22-12-20(25)23-13-17(18(14-23)21(26)27)16-9-5-2-6-10-16/h1-10,17-18H,11-14H2,(H,22,24)(H,26,27)/t17-,18-/m1/s1. The number of likely N-dealkylation sites (tertiary alicyclic amines) is 1. The number of carboxylic acid groups (broad SMARTS) is 1. The molecule has 1 aliphatic heterocycles. The Balaban J connectivity index is 1.57. The van der Waals surface area contributed by atoms with Gasteiger partial charge in [0.05, 0.1) is 18.9 Å². The second kappa shape index (κ2) is 8.49. The van der Waals surface area contributed by atoms with Crippen molar-refractivity contribution in [3.63, 3.8) is 0 Å². The predicted molar refractivity (Wildman–Crippen MR) is 100 cm³/mol. The molecule has 2 N–H and O–H groups in total. The number of nitrogens with zero attached hydrogens (tertiary/aromatic N) is 1. The molecule has 2 aromatic rings. The van der Waals surface area contributed by atoms with Gasteiger partial charge >= 0.3 is 5.97 Å². The molecule has 2 aromatic carbocycles. The van der Waals surface area contributed by atoms with Gasteiger partial charge < -0.3 is 15.3 Å². The third-order valence-electron chi connectivity index (χ3n) is 4.86. The van der Waals surface area contributed by atoms with Crippen LogP contribution < -0.4 is 5.32 Å². The Morgan fingerprint density at radius 1 is 0.963 bits per heavy atom. The summed E-state index contributed by atoms with van der Waals surface area (Å²) in [5.41, 5.74) is 1.78. The van der Waals surface area contributed by atoms with Crippen LogP contribution >= 0.6 is 0 Å². The smallest absolute Gasteiger partial charge is 0.308 e. The lowest BCUT2D eigenvalue weighted by Gasteiger charge is -2.17. The van der Waals surface area contributed by atoms with Crippen LogP contribution in [0.1, 0.15) is 17.0 Å². The van der Waals surface area contributed by atoms with E-state index in [1.54, 1.807) is 0 Å². The van der Waals surface area contributed by atoms with E-state index in [1.807, 2.05) is 60.7 Å². The van der Waals surface area contributed by atoms with E-state index >= 15 is 0 Å². The summed E-state index contributed by atoms with van der Waals surface area (Å²) in [6, 6.07) is 18.7. The predicted octanol–water partition coefficient (Wildman–Crippen LogP) is 1.67. The number of amides is 2. The molecule has 0 spiro atoms. The number of hydrogen-bond acceptors (Lipinski definition) is 3. The van der Waals surface area contributed by atoms with E-state index in [-0.39, 0.29) is 37.2 Å². The van der Waals surface area contributed by atoms with Gasteiger partial charge in [-0.2, -0.15) is 0 Å². The van der Waals surface area contributed by atoms with Gasteiger partial charge in [0.2, 0.25) is 11.8 Å².